The Morgan fingerprint density at radius 1 is 1.50 bits per heavy atom. The Hall–Kier alpha value is -1.14. The Kier molecular flexibility index (Phi) is 3.40. The number of nitrogens with zero attached hydrogens (tertiary/aromatic N) is 2. The van der Waals surface area contributed by atoms with Crippen LogP contribution in [0.2, 0.25) is 0 Å². The van der Waals surface area contributed by atoms with Gasteiger partial charge in [0.1, 0.15) is 6.33 Å². The number of ketones is 1. The van der Waals surface area contributed by atoms with Gasteiger partial charge in [0, 0.05) is 14.9 Å². The molecule has 0 radical (unpaired) electrons. The number of halogens is 1. The zero-order chi connectivity index (χ0) is 11.5. The van der Waals surface area contributed by atoms with E-state index in [4.69, 9.17) is 0 Å². The molecule has 1 aromatic carbocycles. The normalized spacial score (nSPS) is 10.4. The first-order valence-corrected chi connectivity index (χ1v) is 6.11. The first-order chi connectivity index (χ1) is 7.66. The highest BCUT2D eigenvalue weighted by atomic mass is 79.9. The molecule has 0 atom stereocenters. The summed E-state index contributed by atoms with van der Waals surface area (Å²) in [5.74, 6) is 0.0445. The second-order valence-electron chi connectivity index (χ2n) is 3.09. The van der Waals surface area contributed by atoms with Crippen molar-refractivity contribution in [3.63, 3.8) is 0 Å². The molecule has 0 saturated carbocycles. The predicted molar refractivity (Wildman–Crippen MR) is 64.7 cm³/mol. The molecule has 2 aromatic rings. The van der Waals surface area contributed by atoms with Gasteiger partial charge in [-0.2, -0.15) is 5.10 Å². The summed E-state index contributed by atoms with van der Waals surface area (Å²) in [4.78, 5) is 16.2. The summed E-state index contributed by atoms with van der Waals surface area (Å²) in [6.07, 6.45) is 1.46. The Balaban J connectivity index is 2.24. The number of Topliss-reactive ketones (excluding diaryl/α,β-unsaturated/α-hetero) is 1. The molecule has 82 valence electrons. The highest BCUT2D eigenvalue weighted by Gasteiger charge is 2.07. The molecule has 0 unspecified atom stereocenters. The van der Waals surface area contributed by atoms with Crippen LogP contribution in [-0.2, 0) is 0 Å². The van der Waals surface area contributed by atoms with Crippen molar-refractivity contribution < 1.29 is 4.79 Å². The highest BCUT2D eigenvalue weighted by Crippen LogP contribution is 2.28. The molecule has 4 nitrogen and oxygen atoms in total. The maximum Gasteiger partial charge on any atom is 0.188 e. The second kappa shape index (κ2) is 4.80. The molecule has 16 heavy (non-hydrogen) atoms. The summed E-state index contributed by atoms with van der Waals surface area (Å²) in [5, 5.41) is 7.25. The molecular formula is C10H8BrN3OS. The molecule has 0 fully saturated rings. The highest BCUT2D eigenvalue weighted by molar-refractivity contribution is 9.10. The Labute approximate surface area is 105 Å². The molecule has 0 aliphatic rings. The van der Waals surface area contributed by atoms with Crippen LogP contribution >= 0.6 is 27.7 Å². The van der Waals surface area contributed by atoms with Crippen molar-refractivity contribution in [1.82, 2.24) is 15.2 Å². The standard InChI is InChI=1S/C10H8BrN3OS/c1-6(15)8-3-2-7(4-9(8)11)16-10-12-5-13-14-10/h2-5H,1H3,(H,12,13,14). The van der Waals surface area contributed by atoms with Gasteiger partial charge in [-0.3, -0.25) is 9.89 Å². The van der Waals surface area contributed by atoms with Crippen molar-refractivity contribution in [2.45, 2.75) is 17.0 Å². The van der Waals surface area contributed by atoms with E-state index in [1.165, 1.54) is 18.1 Å². The van der Waals surface area contributed by atoms with Gasteiger partial charge in [0.25, 0.3) is 0 Å². The lowest BCUT2D eigenvalue weighted by molar-refractivity contribution is 0.101. The third kappa shape index (κ3) is 2.51. The number of nitrogens with one attached hydrogen (secondary N) is 1. The minimum absolute atomic E-state index is 0.0445. The fourth-order valence-electron chi connectivity index (χ4n) is 1.20. The maximum absolute atomic E-state index is 11.2. The summed E-state index contributed by atoms with van der Waals surface area (Å²) in [7, 11) is 0. The largest absolute Gasteiger partial charge is 0.294 e. The molecule has 0 aliphatic heterocycles. The number of H-pyrrole nitrogens is 1. The van der Waals surface area contributed by atoms with Crippen molar-refractivity contribution in [2.24, 2.45) is 0 Å². The van der Waals surface area contributed by atoms with E-state index in [2.05, 4.69) is 31.1 Å². The van der Waals surface area contributed by atoms with Crippen LogP contribution in [0.15, 0.2) is 39.1 Å². The van der Waals surface area contributed by atoms with Gasteiger partial charge in [0.05, 0.1) is 0 Å². The van der Waals surface area contributed by atoms with E-state index in [-0.39, 0.29) is 5.78 Å². The lowest BCUT2D eigenvalue weighted by Crippen LogP contribution is -1.93. The van der Waals surface area contributed by atoms with Gasteiger partial charge in [-0.1, -0.05) is 27.7 Å². The number of aromatic nitrogens is 3. The third-order valence-electron chi connectivity index (χ3n) is 1.93. The van der Waals surface area contributed by atoms with Gasteiger partial charge in [-0.25, -0.2) is 4.98 Å². The van der Waals surface area contributed by atoms with Crippen LogP contribution in [0.4, 0.5) is 0 Å². The Morgan fingerprint density at radius 2 is 2.31 bits per heavy atom. The van der Waals surface area contributed by atoms with Gasteiger partial charge in [-0.15, -0.1) is 0 Å². The number of rotatable bonds is 3. The van der Waals surface area contributed by atoms with Gasteiger partial charge in [0.2, 0.25) is 0 Å². The summed E-state index contributed by atoms with van der Waals surface area (Å²) in [6, 6.07) is 5.57. The van der Waals surface area contributed by atoms with Crippen molar-refractivity contribution in [3.8, 4) is 0 Å². The zero-order valence-electron chi connectivity index (χ0n) is 8.40. The minimum atomic E-state index is 0.0445. The molecule has 0 aliphatic carbocycles. The van der Waals surface area contributed by atoms with E-state index in [1.54, 1.807) is 13.0 Å². The number of benzene rings is 1. The summed E-state index contributed by atoms with van der Waals surface area (Å²) >= 11 is 4.83. The van der Waals surface area contributed by atoms with Crippen LogP contribution in [0, 0.1) is 0 Å². The third-order valence-corrected chi connectivity index (χ3v) is 3.46. The molecule has 2 rings (SSSR count). The fraction of sp³-hybridized carbons (Fsp3) is 0.100. The molecule has 0 amide bonds. The zero-order valence-corrected chi connectivity index (χ0v) is 10.8. The SMILES string of the molecule is CC(=O)c1ccc(Sc2ncn[nH]2)cc1Br. The molecule has 1 N–H and O–H groups in total. The fourth-order valence-corrected chi connectivity index (χ4v) is 2.74. The maximum atomic E-state index is 11.2. The Bertz CT molecular complexity index is 513. The van der Waals surface area contributed by atoms with Crippen molar-refractivity contribution in [2.75, 3.05) is 0 Å². The molecule has 1 aromatic heterocycles. The van der Waals surface area contributed by atoms with Gasteiger partial charge >= 0.3 is 0 Å². The molecule has 0 saturated heterocycles. The Morgan fingerprint density at radius 3 is 2.88 bits per heavy atom. The first kappa shape index (κ1) is 11.3. The van der Waals surface area contributed by atoms with Gasteiger partial charge in [0.15, 0.2) is 10.9 Å². The number of hydrogen-bond donors (Lipinski definition) is 1. The number of carbonyl (C=O) groups is 1. The monoisotopic (exact) mass is 297 g/mol. The molecular weight excluding hydrogens is 290 g/mol. The topological polar surface area (TPSA) is 58.6 Å². The lowest BCUT2D eigenvalue weighted by atomic mass is 10.2. The number of hydrogen-bond acceptors (Lipinski definition) is 4. The number of carbonyl (C=O) groups excluding carboxylic acids is 1. The van der Waals surface area contributed by atoms with Crippen molar-refractivity contribution in [1.29, 1.82) is 0 Å². The van der Waals surface area contributed by atoms with Crippen LogP contribution in [0.25, 0.3) is 0 Å². The minimum Gasteiger partial charge on any atom is -0.294 e. The average molecular weight is 298 g/mol. The van der Waals surface area contributed by atoms with E-state index < -0.39 is 0 Å². The summed E-state index contributed by atoms with van der Waals surface area (Å²) in [5.41, 5.74) is 0.682. The van der Waals surface area contributed by atoms with Gasteiger partial charge in [-0.05, 0) is 25.1 Å². The molecule has 1 heterocycles. The smallest absolute Gasteiger partial charge is 0.188 e. The van der Waals surface area contributed by atoms with Crippen LogP contribution < -0.4 is 0 Å². The van der Waals surface area contributed by atoms with Crippen LogP contribution in [-0.4, -0.2) is 21.0 Å². The average Bonchev–Trinajstić information content (AvgIpc) is 2.70. The summed E-state index contributed by atoms with van der Waals surface area (Å²) in [6.45, 7) is 1.54. The van der Waals surface area contributed by atoms with Crippen molar-refractivity contribution >= 4 is 33.5 Å². The van der Waals surface area contributed by atoms with E-state index >= 15 is 0 Å². The summed E-state index contributed by atoms with van der Waals surface area (Å²) < 4.78 is 0.796. The second-order valence-corrected chi connectivity index (χ2v) is 5.01. The van der Waals surface area contributed by atoms with Crippen molar-refractivity contribution in [3.05, 3.63) is 34.6 Å². The predicted octanol–water partition coefficient (Wildman–Crippen LogP) is 2.92. The molecule has 6 heteroatoms. The van der Waals surface area contributed by atoms with E-state index in [0.29, 0.717) is 5.56 Å². The van der Waals surface area contributed by atoms with E-state index in [0.717, 1.165) is 14.5 Å². The van der Waals surface area contributed by atoms with E-state index in [1.807, 2.05) is 12.1 Å². The van der Waals surface area contributed by atoms with Crippen LogP contribution in [0.1, 0.15) is 17.3 Å². The molecule has 0 spiro atoms. The molecule has 0 bridgehead atoms. The van der Waals surface area contributed by atoms with Gasteiger partial charge < -0.3 is 0 Å². The van der Waals surface area contributed by atoms with Crippen LogP contribution in [0.5, 0.6) is 0 Å². The quantitative estimate of drug-likeness (QED) is 0.885. The number of aromatic amines is 1. The van der Waals surface area contributed by atoms with Crippen LogP contribution in [0.3, 0.4) is 0 Å². The lowest BCUT2D eigenvalue weighted by Gasteiger charge is -2.02. The first-order valence-electron chi connectivity index (χ1n) is 4.50. The van der Waals surface area contributed by atoms with E-state index in [9.17, 15) is 4.79 Å².